The molecule has 0 aliphatic carbocycles. The van der Waals surface area contributed by atoms with E-state index >= 15 is 0 Å². The van der Waals surface area contributed by atoms with Gasteiger partial charge >= 0.3 is 12.1 Å². The number of halogens is 3. The van der Waals surface area contributed by atoms with Crippen LogP contribution >= 0.6 is 0 Å². The fourth-order valence-electron chi connectivity index (χ4n) is 1.39. The lowest BCUT2D eigenvalue weighted by Crippen LogP contribution is -2.29. The number of amides is 2. The van der Waals surface area contributed by atoms with Crippen molar-refractivity contribution in [1.29, 1.82) is 0 Å². The first kappa shape index (κ1) is 16.7. The van der Waals surface area contributed by atoms with Gasteiger partial charge in [-0.1, -0.05) is 6.07 Å². The van der Waals surface area contributed by atoms with E-state index in [1.807, 2.05) is 0 Å². The van der Waals surface area contributed by atoms with E-state index in [4.69, 9.17) is 0 Å². The highest BCUT2D eigenvalue weighted by Gasteiger charge is 2.38. The molecule has 1 aromatic carbocycles. The topological polar surface area (TPSA) is 75.3 Å². The minimum absolute atomic E-state index is 0.0194. The molecule has 114 valence electrons. The van der Waals surface area contributed by atoms with Gasteiger partial charge in [0.2, 0.25) is 5.91 Å². The van der Waals surface area contributed by atoms with Crippen LogP contribution in [-0.4, -0.2) is 23.8 Å². The molecule has 0 saturated carbocycles. The van der Waals surface area contributed by atoms with Crippen LogP contribution in [0.1, 0.15) is 19.8 Å². The predicted octanol–water partition coefficient (Wildman–Crippen LogP) is 2.50. The molecule has 2 N–H and O–H groups in total. The van der Waals surface area contributed by atoms with Crippen LogP contribution in [-0.2, 0) is 14.4 Å². The molecule has 0 aliphatic rings. The molecule has 0 atom stereocenters. The average Bonchev–Trinajstić information content (AvgIpc) is 2.35. The number of nitrogens with one attached hydrogen (secondary N) is 2. The highest BCUT2D eigenvalue weighted by atomic mass is 19.4. The van der Waals surface area contributed by atoms with E-state index in [1.54, 1.807) is 5.32 Å². The van der Waals surface area contributed by atoms with Gasteiger partial charge < -0.3 is 15.4 Å². The Hall–Kier alpha value is -2.38. The third-order valence-corrected chi connectivity index (χ3v) is 2.37. The smallest absolute Gasteiger partial charge is 0.326 e. The van der Waals surface area contributed by atoms with Gasteiger partial charge in [-0.2, -0.15) is 13.2 Å². The zero-order valence-electron chi connectivity index (χ0n) is 11.1. The minimum atomic E-state index is -4.99. The number of alkyl halides is 3. The monoisotopic (exact) mass is 302 g/mol. The van der Waals surface area contributed by atoms with Crippen molar-refractivity contribution in [2.24, 2.45) is 0 Å². The number of anilines is 2. The first-order valence-corrected chi connectivity index (χ1v) is 5.96. The normalized spacial score (nSPS) is 10.9. The second kappa shape index (κ2) is 6.87. The van der Waals surface area contributed by atoms with Gasteiger partial charge in [-0.3, -0.25) is 9.59 Å². The maximum Gasteiger partial charge on any atom is 0.471 e. The maximum atomic E-state index is 12.1. The van der Waals surface area contributed by atoms with E-state index < -0.39 is 18.0 Å². The maximum absolute atomic E-state index is 12.1. The van der Waals surface area contributed by atoms with E-state index in [0.717, 1.165) is 0 Å². The van der Waals surface area contributed by atoms with E-state index in [9.17, 15) is 27.6 Å². The van der Waals surface area contributed by atoms with Crippen LogP contribution in [0.15, 0.2) is 24.3 Å². The average molecular weight is 302 g/mol. The van der Waals surface area contributed by atoms with Crippen LogP contribution in [0, 0.1) is 0 Å². The molecule has 2 amide bonds. The summed E-state index contributed by atoms with van der Waals surface area (Å²) in [6, 6.07) is 5.28. The second-order valence-corrected chi connectivity index (χ2v) is 4.28. The van der Waals surface area contributed by atoms with Gasteiger partial charge in [-0.05, 0) is 25.1 Å². The number of ketones is 1. The standard InChI is InChI=1S/C13H13F3N2O3/c1-8(19)5-6-11(20)17-9-3-2-4-10(7-9)18-12(21)13(14,15)16/h2-4,7H,5-6H2,1H3,(H,17,20)(H,18,21). The molecule has 0 bridgehead atoms. The Balaban J connectivity index is 2.66. The van der Waals surface area contributed by atoms with Crippen LogP contribution in [0.3, 0.4) is 0 Å². The number of carbonyl (C=O) groups excluding carboxylic acids is 3. The lowest BCUT2D eigenvalue weighted by Gasteiger charge is -2.10. The van der Waals surface area contributed by atoms with E-state index in [0.29, 0.717) is 0 Å². The Bertz CT molecular complexity index is 556. The van der Waals surface area contributed by atoms with Crippen molar-refractivity contribution in [3.63, 3.8) is 0 Å². The van der Waals surface area contributed by atoms with Gasteiger partial charge in [-0.25, -0.2) is 0 Å². The number of hydrogen-bond acceptors (Lipinski definition) is 3. The molecule has 0 aromatic heterocycles. The summed E-state index contributed by atoms with van der Waals surface area (Å²) in [4.78, 5) is 33.0. The van der Waals surface area contributed by atoms with Crippen LogP contribution < -0.4 is 10.6 Å². The Morgan fingerprint density at radius 2 is 1.62 bits per heavy atom. The number of benzene rings is 1. The molecular formula is C13H13F3N2O3. The van der Waals surface area contributed by atoms with E-state index in [1.165, 1.54) is 31.2 Å². The molecule has 0 heterocycles. The first-order valence-electron chi connectivity index (χ1n) is 5.96. The van der Waals surface area contributed by atoms with Crippen LogP contribution in [0.5, 0.6) is 0 Å². The molecule has 1 rings (SSSR count). The van der Waals surface area contributed by atoms with Gasteiger partial charge in [0.05, 0.1) is 0 Å². The summed E-state index contributed by atoms with van der Waals surface area (Å²) in [7, 11) is 0. The van der Waals surface area contributed by atoms with E-state index in [-0.39, 0.29) is 30.0 Å². The Morgan fingerprint density at radius 1 is 1.05 bits per heavy atom. The van der Waals surface area contributed by atoms with Gasteiger partial charge in [0.1, 0.15) is 5.78 Å². The Morgan fingerprint density at radius 3 is 2.14 bits per heavy atom. The summed E-state index contributed by atoms with van der Waals surface area (Å²) in [5, 5.41) is 4.10. The minimum Gasteiger partial charge on any atom is -0.326 e. The molecule has 0 aliphatic heterocycles. The van der Waals surface area contributed by atoms with Gasteiger partial charge in [0.15, 0.2) is 0 Å². The zero-order chi connectivity index (χ0) is 16.0. The molecule has 0 spiro atoms. The van der Waals surface area contributed by atoms with Gasteiger partial charge in [0, 0.05) is 24.2 Å². The second-order valence-electron chi connectivity index (χ2n) is 4.28. The summed E-state index contributed by atoms with van der Waals surface area (Å²) in [6.45, 7) is 1.35. The quantitative estimate of drug-likeness (QED) is 0.877. The number of hydrogen-bond donors (Lipinski definition) is 2. The summed E-state index contributed by atoms with van der Waals surface area (Å²) < 4.78 is 36.3. The summed E-state index contributed by atoms with van der Waals surface area (Å²) >= 11 is 0. The fraction of sp³-hybridized carbons (Fsp3) is 0.308. The number of rotatable bonds is 5. The zero-order valence-corrected chi connectivity index (χ0v) is 11.1. The molecule has 8 heteroatoms. The van der Waals surface area contributed by atoms with E-state index in [2.05, 4.69) is 5.32 Å². The first-order chi connectivity index (χ1) is 9.68. The van der Waals surface area contributed by atoms with Crippen molar-refractivity contribution < 1.29 is 27.6 Å². The van der Waals surface area contributed by atoms with Crippen molar-refractivity contribution in [3.05, 3.63) is 24.3 Å². The van der Waals surface area contributed by atoms with Gasteiger partial charge in [0.25, 0.3) is 0 Å². The largest absolute Gasteiger partial charge is 0.471 e. The Kier molecular flexibility index (Phi) is 5.45. The SMILES string of the molecule is CC(=O)CCC(=O)Nc1cccc(NC(=O)C(F)(F)F)c1. The highest BCUT2D eigenvalue weighted by Crippen LogP contribution is 2.20. The fourth-order valence-corrected chi connectivity index (χ4v) is 1.39. The lowest BCUT2D eigenvalue weighted by molar-refractivity contribution is -0.167. The molecule has 0 unspecified atom stereocenters. The lowest BCUT2D eigenvalue weighted by atomic mass is 10.2. The van der Waals surface area contributed by atoms with Crippen LogP contribution in [0.25, 0.3) is 0 Å². The van der Waals surface area contributed by atoms with Gasteiger partial charge in [-0.15, -0.1) is 0 Å². The molecule has 5 nitrogen and oxygen atoms in total. The molecule has 0 radical (unpaired) electrons. The van der Waals surface area contributed by atoms with Crippen molar-refractivity contribution in [2.45, 2.75) is 25.9 Å². The third-order valence-electron chi connectivity index (χ3n) is 2.37. The van der Waals surface area contributed by atoms with Crippen LogP contribution in [0.2, 0.25) is 0 Å². The summed E-state index contributed by atoms with van der Waals surface area (Å²) in [5.74, 6) is -2.68. The van der Waals surface area contributed by atoms with Crippen LogP contribution in [0.4, 0.5) is 24.5 Å². The molecule has 0 saturated heterocycles. The van der Waals surface area contributed by atoms with Crippen molar-refractivity contribution >= 4 is 29.0 Å². The van der Waals surface area contributed by atoms with Crippen molar-refractivity contribution in [2.75, 3.05) is 10.6 Å². The predicted molar refractivity (Wildman–Crippen MR) is 69.7 cm³/mol. The molecule has 1 aromatic rings. The van der Waals surface area contributed by atoms with Crippen molar-refractivity contribution in [3.8, 4) is 0 Å². The third kappa shape index (κ3) is 6.07. The molecule has 0 fully saturated rings. The highest BCUT2D eigenvalue weighted by molar-refractivity contribution is 5.97. The summed E-state index contributed by atoms with van der Waals surface area (Å²) in [6.07, 6.45) is -4.93. The number of carbonyl (C=O) groups is 3. The number of Topliss-reactive ketones (excluding diaryl/α,β-unsaturated/α-hetero) is 1. The van der Waals surface area contributed by atoms with Crippen molar-refractivity contribution in [1.82, 2.24) is 0 Å². The Labute approximate surface area is 118 Å². The molecule has 21 heavy (non-hydrogen) atoms. The molecular weight excluding hydrogens is 289 g/mol. The summed E-state index contributed by atoms with van der Waals surface area (Å²) in [5.41, 5.74) is 0.130.